The van der Waals surface area contributed by atoms with E-state index in [1.807, 2.05) is 32.0 Å². The van der Waals surface area contributed by atoms with Crippen molar-refractivity contribution in [2.75, 3.05) is 11.5 Å². The van der Waals surface area contributed by atoms with Crippen molar-refractivity contribution in [2.24, 2.45) is 0 Å². The van der Waals surface area contributed by atoms with Gasteiger partial charge in [-0.15, -0.1) is 11.8 Å². The van der Waals surface area contributed by atoms with Crippen LogP contribution < -0.4 is 11.1 Å². The zero-order valence-corrected chi connectivity index (χ0v) is 14.7. The second-order valence-electron chi connectivity index (χ2n) is 5.53. The molecule has 0 atom stereocenters. The lowest BCUT2D eigenvalue weighted by molar-refractivity contribution is -0.137. The number of halogens is 3. The molecule has 134 valence electrons. The number of carbonyl (C=O) groups is 1. The zero-order chi connectivity index (χ0) is 18.6. The molecule has 0 aliphatic carbocycles. The van der Waals surface area contributed by atoms with Crippen molar-refractivity contribution < 1.29 is 18.0 Å². The van der Waals surface area contributed by atoms with E-state index in [1.165, 1.54) is 0 Å². The highest BCUT2D eigenvalue weighted by molar-refractivity contribution is 7.99. The molecule has 0 saturated carbocycles. The van der Waals surface area contributed by atoms with Crippen LogP contribution in [0.25, 0.3) is 0 Å². The van der Waals surface area contributed by atoms with Crippen LogP contribution in [-0.2, 0) is 12.7 Å². The Morgan fingerprint density at radius 1 is 1.20 bits per heavy atom. The fourth-order valence-electron chi connectivity index (χ4n) is 2.30. The number of nitrogen functional groups attached to an aromatic ring is 1. The summed E-state index contributed by atoms with van der Waals surface area (Å²) in [6.45, 7) is 4.22. The summed E-state index contributed by atoms with van der Waals surface area (Å²) in [5, 5.41) is 2.65. The van der Waals surface area contributed by atoms with Crippen molar-refractivity contribution in [2.45, 2.75) is 31.5 Å². The summed E-state index contributed by atoms with van der Waals surface area (Å²) in [6, 6.07) is 8.60. The highest BCUT2D eigenvalue weighted by atomic mass is 32.2. The molecule has 0 fully saturated rings. The van der Waals surface area contributed by atoms with Gasteiger partial charge in [0, 0.05) is 17.1 Å². The van der Waals surface area contributed by atoms with Crippen molar-refractivity contribution in [3.8, 4) is 0 Å². The number of carbonyl (C=O) groups excluding carboxylic acids is 1. The number of hydrogen-bond acceptors (Lipinski definition) is 3. The average molecular weight is 368 g/mol. The predicted octanol–water partition coefficient (Wildman–Crippen LogP) is 4.64. The van der Waals surface area contributed by atoms with Crippen LogP contribution in [0.1, 0.15) is 34.0 Å². The Balaban J connectivity index is 2.18. The summed E-state index contributed by atoms with van der Waals surface area (Å²) in [7, 11) is 0. The predicted molar refractivity (Wildman–Crippen MR) is 94.6 cm³/mol. The summed E-state index contributed by atoms with van der Waals surface area (Å²) < 4.78 is 38.4. The highest BCUT2D eigenvalue weighted by Gasteiger charge is 2.31. The number of amides is 1. The van der Waals surface area contributed by atoms with Crippen LogP contribution in [0.3, 0.4) is 0 Å². The van der Waals surface area contributed by atoms with Crippen LogP contribution in [0.2, 0.25) is 0 Å². The van der Waals surface area contributed by atoms with Gasteiger partial charge in [-0.2, -0.15) is 13.2 Å². The van der Waals surface area contributed by atoms with Gasteiger partial charge in [-0.25, -0.2) is 0 Å². The van der Waals surface area contributed by atoms with E-state index in [0.29, 0.717) is 0 Å². The summed E-state index contributed by atoms with van der Waals surface area (Å²) in [5.41, 5.74) is 6.62. The van der Waals surface area contributed by atoms with E-state index >= 15 is 0 Å². The molecule has 0 heterocycles. The molecule has 25 heavy (non-hydrogen) atoms. The monoisotopic (exact) mass is 368 g/mol. The fraction of sp³-hybridized carbons (Fsp3) is 0.278. The van der Waals surface area contributed by atoms with E-state index in [-0.39, 0.29) is 17.8 Å². The third kappa shape index (κ3) is 4.92. The van der Waals surface area contributed by atoms with Crippen LogP contribution in [0.15, 0.2) is 41.3 Å². The minimum Gasteiger partial charge on any atom is -0.398 e. The molecule has 1 amide bonds. The van der Waals surface area contributed by atoms with E-state index in [2.05, 4.69) is 5.32 Å². The smallest absolute Gasteiger partial charge is 0.398 e. The number of benzene rings is 2. The topological polar surface area (TPSA) is 55.1 Å². The maximum Gasteiger partial charge on any atom is 0.416 e. The largest absolute Gasteiger partial charge is 0.416 e. The lowest BCUT2D eigenvalue weighted by atomic mass is 10.1. The van der Waals surface area contributed by atoms with Gasteiger partial charge in [0.2, 0.25) is 0 Å². The molecule has 0 spiro atoms. The molecule has 2 rings (SSSR count). The molecule has 0 unspecified atom stereocenters. The van der Waals surface area contributed by atoms with Crippen molar-refractivity contribution in [1.29, 1.82) is 0 Å². The number of anilines is 1. The maximum atomic E-state index is 12.8. The molecule has 0 radical (unpaired) electrons. The first-order valence-electron chi connectivity index (χ1n) is 7.69. The van der Waals surface area contributed by atoms with Gasteiger partial charge in [0.1, 0.15) is 0 Å². The summed E-state index contributed by atoms with van der Waals surface area (Å²) >= 11 is 1.65. The van der Waals surface area contributed by atoms with Gasteiger partial charge in [-0.3, -0.25) is 4.79 Å². The standard InChI is InChI=1S/C18H19F3N2OS/c1-3-25-16-8-11(2)4-5-12(16)10-23-17(24)14-9-13(18(19,20)21)6-7-15(14)22/h4-9H,3,10,22H2,1-2H3,(H,23,24). The first kappa shape index (κ1) is 19.2. The second kappa shape index (κ2) is 7.82. The summed E-state index contributed by atoms with van der Waals surface area (Å²) in [5.74, 6) is 0.252. The SMILES string of the molecule is CCSc1cc(C)ccc1CNC(=O)c1cc(C(F)(F)F)ccc1N. The van der Waals surface area contributed by atoms with Crippen LogP contribution >= 0.6 is 11.8 Å². The van der Waals surface area contributed by atoms with Gasteiger partial charge in [-0.05, 0) is 48.1 Å². The molecular weight excluding hydrogens is 349 g/mol. The number of thioether (sulfide) groups is 1. The first-order chi connectivity index (χ1) is 11.7. The van der Waals surface area contributed by atoms with Gasteiger partial charge < -0.3 is 11.1 Å². The third-order valence-electron chi connectivity index (χ3n) is 3.59. The molecule has 3 N–H and O–H groups in total. The van der Waals surface area contributed by atoms with Gasteiger partial charge in [0.05, 0.1) is 11.1 Å². The number of hydrogen-bond donors (Lipinski definition) is 2. The van der Waals surface area contributed by atoms with Gasteiger partial charge in [-0.1, -0.05) is 19.1 Å². The molecule has 0 saturated heterocycles. The van der Waals surface area contributed by atoms with E-state index in [4.69, 9.17) is 5.73 Å². The number of nitrogens with one attached hydrogen (secondary N) is 1. The van der Waals surface area contributed by atoms with Crippen LogP contribution in [-0.4, -0.2) is 11.7 Å². The number of aryl methyl sites for hydroxylation is 1. The summed E-state index contributed by atoms with van der Waals surface area (Å²) in [6.07, 6.45) is -4.52. The van der Waals surface area contributed by atoms with Crippen molar-refractivity contribution >= 4 is 23.4 Å². The Morgan fingerprint density at radius 2 is 1.92 bits per heavy atom. The molecule has 2 aromatic carbocycles. The molecule has 0 aliphatic heterocycles. The Labute approximate surface area is 148 Å². The molecule has 7 heteroatoms. The van der Waals surface area contributed by atoms with E-state index in [0.717, 1.165) is 40.0 Å². The van der Waals surface area contributed by atoms with Gasteiger partial charge >= 0.3 is 6.18 Å². The second-order valence-corrected chi connectivity index (χ2v) is 6.83. The van der Waals surface area contributed by atoms with Crippen LogP contribution in [0.5, 0.6) is 0 Å². The average Bonchev–Trinajstić information content (AvgIpc) is 2.53. The Hall–Kier alpha value is -2.15. The Morgan fingerprint density at radius 3 is 2.56 bits per heavy atom. The molecule has 0 aromatic heterocycles. The zero-order valence-electron chi connectivity index (χ0n) is 13.9. The van der Waals surface area contributed by atoms with Crippen molar-refractivity contribution in [3.63, 3.8) is 0 Å². The molecule has 3 nitrogen and oxygen atoms in total. The maximum absolute atomic E-state index is 12.8. The number of alkyl halides is 3. The highest BCUT2D eigenvalue weighted by Crippen LogP contribution is 2.31. The normalized spacial score (nSPS) is 11.4. The molecular formula is C18H19F3N2OS. The molecule has 0 bridgehead atoms. The van der Waals surface area contributed by atoms with E-state index in [9.17, 15) is 18.0 Å². The summed E-state index contributed by atoms with van der Waals surface area (Å²) in [4.78, 5) is 13.3. The first-order valence-corrected chi connectivity index (χ1v) is 8.68. The quantitative estimate of drug-likeness (QED) is 0.597. The lowest BCUT2D eigenvalue weighted by Gasteiger charge is -2.13. The van der Waals surface area contributed by atoms with Gasteiger partial charge in [0.15, 0.2) is 0 Å². The van der Waals surface area contributed by atoms with E-state index in [1.54, 1.807) is 11.8 Å². The Bertz CT molecular complexity index is 775. The molecule has 2 aromatic rings. The fourth-order valence-corrected chi connectivity index (χ4v) is 3.20. The lowest BCUT2D eigenvalue weighted by Crippen LogP contribution is -2.24. The minimum atomic E-state index is -4.52. The number of rotatable bonds is 5. The van der Waals surface area contributed by atoms with Crippen molar-refractivity contribution in [1.82, 2.24) is 5.32 Å². The molecule has 0 aliphatic rings. The van der Waals surface area contributed by atoms with Gasteiger partial charge in [0.25, 0.3) is 5.91 Å². The Kier molecular flexibility index (Phi) is 6.00. The third-order valence-corrected chi connectivity index (χ3v) is 4.57. The number of nitrogens with two attached hydrogens (primary N) is 1. The van der Waals surface area contributed by atoms with E-state index < -0.39 is 17.6 Å². The van der Waals surface area contributed by atoms with Crippen molar-refractivity contribution in [3.05, 3.63) is 58.7 Å². The minimum absolute atomic E-state index is 0.0116. The van der Waals surface area contributed by atoms with Crippen LogP contribution in [0.4, 0.5) is 18.9 Å². The van der Waals surface area contributed by atoms with Crippen LogP contribution in [0, 0.1) is 6.92 Å².